The summed E-state index contributed by atoms with van der Waals surface area (Å²) in [5.74, 6) is 2.39. The molecule has 1 rings (SSSR count). The molecule has 0 aliphatic heterocycles. The molecule has 1 aromatic rings. The van der Waals surface area contributed by atoms with E-state index in [0.29, 0.717) is 0 Å². The molecule has 0 saturated carbocycles. The van der Waals surface area contributed by atoms with Crippen LogP contribution < -0.4 is 5.32 Å². The minimum Gasteiger partial charge on any atom is -0.370 e. The van der Waals surface area contributed by atoms with Gasteiger partial charge in [-0.15, -0.1) is 0 Å². The van der Waals surface area contributed by atoms with Crippen molar-refractivity contribution < 1.29 is 4.21 Å². The summed E-state index contributed by atoms with van der Waals surface area (Å²) in [6.45, 7) is 4.77. The predicted molar refractivity (Wildman–Crippen MR) is 68.2 cm³/mol. The lowest BCUT2D eigenvalue weighted by molar-refractivity contribution is 0.685. The second kappa shape index (κ2) is 6.58. The van der Waals surface area contributed by atoms with Gasteiger partial charge in [0.05, 0.1) is 0 Å². The zero-order valence-corrected chi connectivity index (χ0v) is 10.9. The van der Waals surface area contributed by atoms with Gasteiger partial charge in [0.25, 0.3) is 0 Å². The molecule has 0 bridgehead atoms. The number of aromatic nitrogens is 2. The van der Waals surface area contributed by atoms with Crippen LogP contribution in [-0.4, -0.2) is 32.7 Å². The van der Waals surface area contributed by atoms with E-state index in [1.807, 2.05) is 13.0 Å². The van der Waals surface area contributed by atoms with Crippen LogP contribution >= 0.6 is 0 Å². The van der Waals surface area contributed by atoms with Crippen molar-refractivity contribution in [3.63, 3.8) is 0 Å². The van der Waals surface area contributed by atoms with Gasteiger partial charge in [0.2, 0.25) is 0 Å². The number of rotatable bonds is 6. The van der Waals surface area contributed by atoms with Crippen molar-refractivity contribution in [1.82, 2.24) is 9.97 Å². The summed E-state index contributed by atoms with van der Waals surface area (Å²) >= 11 is 0. The van der Waals surface area contributed by atoms with Gasteiger partial charge in [-0.05, 0) is 19.8 Å². The van der Waals surface area contributed by atoms with Crippen LogP contribution in [0.5, 0.6) is 0 Å². The molecule has 1 unspecified atom stereocenters. The standard InChI is InChI=1S/C11H19N3OS/c1-4-10-8-11(14-9(2)13-10)12-6-5-7-16(3)15/h8H,4-7H2,1-3H3,(H,12,13,14). The number of nitrogens with zero attached hydrogens (tertiary/aromatic N) is 2. The minimum atomic E-state index is -0.707. The summed E-state index contributed by atoms with van der Waals surface area (Å²) in [4.78, 5) is 8.61. The molecule has 90 valence electrons. The average molecular weight is 241 g/mol. The van der Waals surface area contributed by atoms with Crippen molar-refractivity contribution in [3.8, 4) is 0 Å². The number of nitrogens with one attached hydrogen (secondary N) is 1. The molecular weight excluding hydrogens is 222 g/mol. The smallest absolute Gasteiger partial charge is 0.129 e. The Morgan fingerprint density at radius 2 is 2.19 bits per heavy atom. The molecule has 16 heavy (non-hydrogen) atoms. The third-order valence-electron chi connectivity index (χ3n) is 2.17. The zero-order valence-electron chi connectivity index (χ0n) is 10.1. The molecular formula is C11H19N3OS. The monoisotopic (exact) mass is 241 g/mol. The minimum absolute atomic E-state index is 0.707. The first-order valence-corrected chi connectivity index (χ1v) is 7.23. The van der Waals surface area contributed by atoms with Crippen molar-refractivity contribution in [3.05, 3.63) is 17.6 Å². The van der Waals surface area contributed by atoms with Crippen LogP contribution in [0, 0.1) is 6.92 Å². The van der Waals surface area contributed by atoms with E-state index in [0.717, 1.165) is 42.5 Å². The highest BCUT2D eigenvalue weighted by molar-refractivity contribution is 7.84. The van der Waals surface area contributed by atoms with Crippen LogP contribution in [0.1, 0.15) is 24.9 Å². The largest absolute Gasteiger partial charge is 0.370 e. The van der Waals surface area contributed by atoms with E-state index in [1.165, 1.54) is 0 Å². The summed E-state index contributed by atoms with van der Waals surface area (Å²) in [6.07, 6.45) is 3.54. The van der Waals surface area contributed by atoms with Crippen molar-refractivity contribution in [2.75, 3.05) is 23.9 Å². The summed E-state index contributed by atoms with van der Waals surface area (Å²) < 4.78 is 10.9. The fourth-order valence-corrected chi connectivity index (χ4v) is 1.94. The van der Waals surface area contributed by atoms with Gasteiger partial charge >= 0.3 is 0 Å². The van der Waals surface area contributed by atoms with Crippen LogP contribution in [0.2, 0.25) is 0 Å². The quantitative estimate of drug-likeness (QED) is 0.767. The van der Waals surface area contributed by atoms with Crippen molar-refractivity contribution in [1.29, 1.82) is 0 Å². The van der Waals surface area contributed by atoms with Gasteiger partial charge in [0.15, 0.2) is 0 Å². The van der Waals surface area contributed by atoms with Gasteiger partial charge in [-0.3, -0.25) is 4.21 Å². The number of hydrogen-bond donors (Lipinski definition) is 1. The zero-order chi connectivity index (χ0) is 12.0. The van der Waals surface area contributed by atoms with Crippen molar-refractivity contribution in [2.45, 2.75) is 26.7 Å². The molecule has 1 heterocycles. The van der Waals surface area contributed by atoms with E-state index in [4.69, 9.17) is 0 Å². The Hall–Kier alpha value is -0.970. The van der Waals surface area contributed by atoms with Gasteiger partial charge in [-0.1, -0.05) is 6.92 Å². The van der Waals surface area contributed by atoms with Crippen molar-refractivity contribution in [2.24, 2.45) is 0 Å². The molecule has 0 aromatic carbocycles. The fraction of sp³-hybridized carbons (Fsp3) is 0.636. The van der Waals surface area contributed by atoms with E-state index < -0.39 is 10.8 Å². The first-order chi connectivity index (χ1) is 7.61. The molecule has 0 saturated heterocycles. The van der Waals surface area contributed by atoms with Gasteiger partial charge in [0.1, 0.15) is 11.6 Å². The summed E-state index contributed by atoms with van der Waals surface area (Å²) in [7, 11) is -0.707. The highest BCUT2D eigenvalue weighted by Gasteiger charge is 2.00. The maximum atomic E-state index is 10.9. The van der Waals surface area contributed by atoms with Gasteiger partial charge in [0, 0.05) is 41.1 Å². The molecule has 5 heteroatoms. The van der Waals surface area contributed by atoms with Crippen molar-refractivity contribution >= 4 is 16.6 Å². The van der Waals surface area contributed by atoms with Crippen LogP contribution in [0.3, 0.4) is 0 Å². The Bertz CT molecular complexity index is 368. The molecule has 1 aromatic heterocycles. The normalized spacial score (nSPS) is 12.4. The Morgan fingerprint density at radius 1 is 1.44 bits per heavy atom. The highest BCUT2D eigenvalue weighted by atomic mass is 32.2. The third-order valence-corrected chi connectivity index (χ3v) is 3.03. The molecule has 1 N–H and O–H groups in total. The van der Waals surface area contributed by atoms with Gasteiger partial charge in [-0.25, -0.2) is 9.97 Å². The van der Waals surface area contributed by atoms with Crippen LogP contribution in [-0.2, 0) is 17.2 Å². The van der Waals surface area contributed by atoms with E-state index >= 15 is 0 Å². The maximum absolute atomic E-state index is 10.9. The molecule has 0 spiro atoms. The first kappa shape index (κ1) is 13.1. The van der Waals surface area contributed by atoms with Crippen LogP contribution in [0.4, 0.5) is 5.82 Å². The van der Waals surface area contributed by atoms with Gasteiger partial charge < -0.3 is 5.32 Å². The average Bonchev–Trinajstić information content (AvgIpc) is 2.23. The Morgan fingerprint density at radius 3 is 2.81 bits per heavy atom. The van der Waals surface area contributed by atoms with E-state index in [9.17, 15) is 4.21 Å². The van der Waals surface area contributed by atoms with Crippen LogP contribution in [0.15, 0.2) is 6.07 Å². The summed E-state index contributed by atoms with van der Waals surface area (Å²) in [5, 5.41) is 3.23. The third kappa shape index (κ3) is 4.70. The topological polar surface area (TPSA) is 54.9 Å². The summed E-state index contributed by atoms with van der Waals surface area (Å²) in [6, 6.07) is 1.97. The van der Waals surface area contributed by atoms with E-state index in [-0.39, 0.29) is 0 Å². The van der Waals surface area contributed by atoms with Gasteiger partial charge in [-0.2, -0.15) is 0 Å². The van der Waals surface area contributed by atoms with E-state index in [1.54, 1.807) is 6.26 Å². The molecule has 0 amide bonds. The molecule has 0 radical (unpaired) electrons. The second-order valence-corrected chi connectivity index (χ2v) is 5.26. The lowest BCUT2D eigenvalue weighted by atomic mass is 10.3. The second-order valence-electron chi connectivity index (χ2n) is 3.70. The molecule has 0 fully saturated rings. The van der Waals surface area contributed by atoms with E-state index in [2.05, 4.69) is 22.2 Å². The predicted octanol–water partition coefficient (Wildman–Crippen LogP) is 1.53. The lowest BCUT2D eigenvalue weighted by Crippen LogP contribution is -2.08. The number of anilines is 1. The first-order valence-electron chi connectivity index (χ1n) is 5.50. The number of aryl methyl sites for hydroxylation is 2. The molecule has 1 atom stereocenters. The number of hydrogen-bond acceptors (Lipinski definition) is 4. The SMILES string of the molecule is CCc1cc(NCCCS(C)=O)nc(C)n1. The van der Waals surface area contributed by atoms with Crippen LogP contribution in [0.25, 0.3) is 0 Å². The Labute approximate surface area is 99.3 Å². The molecule has 0 aliphatic carbocycles. The Balaban J connectivity index is 2.47. The molecule has 4 nitrogen and oxygen atoms in total. The Kier molecular flexibility index (Phi) is 5.38. The fourth-order valence-electron chi connectivity index (χ4n) is 1.39. The lowest BCUT2D eigenvalue weighted by Gasteiger charge is -2.07. The highest BCUT2D eigenvalue weighted by Crippen LogP contribution is 2.07. The summed E-state index contributed by atoms with van der Waals surface area (Å²) in [5.41, 5.74) is 1.05. The molecule has 0 aliphatic rings. The maximum Gasteiger partial charge on any atom is 0.129 e.